The van der Waals surface area contributed by atoms with Crippen molar-refractivity contribution in [1.82, 2.24) is 9.80 Å². The molecule has 4 heteroatoms. The minimum Gasteiger partial charge on any atom is -0.345 e. The molecule has 2 aliphatic carbocycles. The number of rotatable bonds is 4. The molecule has 1 amide bonds. The summed E-state index contributed by atoms with van der Waals surface area (Å²) in [5.41, 5.74) is 6.31. The first kappa shape index (κ1) is 15.3. The van der Waals surface area contributed by atoms with Gasteiger partial charge in [0.2, 0.25) is 5.91 Å². The number of carbonyl (C=O) groups excluding carboxylic acids is 1. The average Bonchev–Trinajstić information content (AvgIpc) is 3.06. The smallest absolute Gasteiger partial charge is 0.227 e. The van der Waals surface area contributed by atoms with E-state index in [0.717, 1.165) is 13.0 Å². The van der Waals surface area contributed by atoms with E-state index in [1.807, 2.05) is 11.9 Å². The summed E-state index contributed by atoms with van der Waals surface area (Å²) >= 11 is 0. The molecule has 0 aromatic heterocycles. The van der Waals surface area contributed by atoms with Crippen LogP contribution >= 0.6 is 0 Å². The van der Waals surface area contributed by atoms with Gasteiger partial charge >= 0.3 is 0 Å². The highest BCUT2D eigenvalue weighted by Crippen LogP contribution is 2.48. The van der Waals surface area contributed by atoms with Crippen LogP contribution in [0.3, 0.4) is 0 Å². The lowest BCUT2D eigenvalue weighted by atomic mass is 9.84. The summed E-state index contributed by atoms with van der Waals surface area (Å²) in [7, 11) is 4.20. The number of nitrogens with two attached hydrogens (primary N) is 1. The zero-order valence-electron chi connectivity index (χ0n) is 13.6. The van der Waals surface area contributed by atoms with Crippen LogP contribution in [0.1, 0.15) is 44.9 Å². The predicted molar refractivity (Wildman–Crippen MR) is 84.8 cm³/mol. The van der Waals surface area contributed by atoms with Crippen LogP contribution in [-0.2, 0) is 4.79 Å². The fraction of sp³-hybridized carbons (Fsp3) is 0.941. The van der Waals surface area contributed by atoms with E-state index in [-0.39, 0.29) is 12.0 Å². The minimum atomic E-state index is 0.109. The zero-order chi connectivity index (χ0) is 15.0. The van der Waals surface area contributed by atoms with Crippen LogP contribution in [0.2, 0.25) is 0 Å². The maximum atomic E-state index is 12.7. The third-order valence-corrected chi connectivity index (χ3v) is 6.36. The SMILES string of the molecule is CN(CCC1CCCCN1C)C(=O)C1C2CCC(C2)C1N. The molecular weight excluding hydrogens is 262 g/mol. The van der Waals surface area contributed by atoms with Crippen molar-refractivity contribution in [2.45, 2.75) is 57.0 Å². The first-order valence-corrected chi connectivity index (χ1v) is 8.78. The Morgan fingerprint density at radius 2 is 2.00 bits per heavy atom. The van der Waals surface area contributed by atoms with E-state index in [9.17, 15) is 4.79 Å². The Labute approximate surface area is 129 Å². The van der Waals surface area contributed by atoms with Crippen LogP contribution in [0.25, 0.3) is 0 Å². The lowest BCUT2D eigenvalue weighted by molar-refractivity contribution is -0.136. The van der Waals surface area contributed by atoms with Gasteiger partial charge < -0.3 is 15.5 Å². The number of carbonyl (C=O) groups is 1. The van der Waals surface area contributed by atoms with Crippen molar-refractivity contribution < 1.29 is 4.79 Å². The van der Waals surface area contributed by atoms with Crippen molar-refractivity contribution in [3.8, 4) is 0 Å². The fourth-order valence-corrected chi connectivity index (χ4v) is 4.92. The number of hydrogen-bond donors (Lipinski definition) is 1. The third-order valence-electron chi connectivity index (χ3n) is 6.36. The van der Waals surface area contributed by atoms with Gasteiger partial charge in [0.25, 0.3) is 0 Å². The van der Waals surface area contributed by atoms with Gasteiger partial charge in [0.05, 0.1) is 5.92 Å². The van der Waals surface area contributed by atoms with Gasteiger partial charge in [-0.15, -0.1) is 0 Å². The molecule has 0 spiro atoms. The average molecular weight is 293 g/mol. The number of likely N-dealkylation sites (tertiary alicyclic amines) is 1. The summed E-state index contributed by atoms with van der Waals surface area (Å²) in [6, 6.07) is 0.777. The lowest BCUT2D eigenvalue weighted by Gasteiger charge is -2.35. The first-order chi connectivity index (χ1) is 10.1. The van der Waals surface area contributed by atoms with Gasteiger partial charge in [-0.25, -0.2) is 0 Å². The molecule has 3 rings (SSSR count). The van der Waals surface area contributed by atoms with E-state index in [4.69, 9.17) is 5.73 Å². The van der Waals surface area contributed by atoms with Crippen molar-refractivity contribution in [3.05, 3.63) is 0 Å². The summed E-state index contributed by atoms with van der Waals surface area (Å²) < 4.78 is 0. The van der Waals surface area contributed by atoms with E-state index in [1.54, 1.807) is 0 Å². The molecule has 2 N–H and O–H groups in total. The molecule has 3 fully saturated rings. The molecule has 2 saturated carbocycles. The van der Waals surface area contributed by atoms with Crippen molar-refractivity contribution in [3.63, 3.8) is 0 Å². The second-order valence-corrected chi connectivity index (χ2v) is 7.62. The monoisotopic (exact) mass is 293 g/mol. The standard InChI is InChI=1S/C17H31N3O/c1-19-9-4-3-5-14(19)8-10-20(2)17(21)15-12-6-7-13(11-12)16(15)18/h12-16H,3-11,18H2,1-2H3. The molecule has 1 heterocycles. The van der Waals surface area contributed by atoms with Gasteiger partial charge in [0, 0.05) is 25.7 Å². The zero-order valence-corrected chi connectivity index (χ0v) is 13.6. The lowest BCUT2D eigenvalue weighted by Crippen LogP contribution is -2.47. The van der Waals surface area contributed by atoms with Crippen molar-refractivity contribution in [2.24, 2.45) is 23.5 Å². The van der Waals surface area contributed by atoms with Gasteiger partial charge in [-0.3, -0.25) is 4.79 Å². The van der Waals surface area contributed by atoms with E-state index in [1.165, 1.54) is 45.1 Å². The Morgan fingerprint density at radius 1 is 1.24 bits per heavy atom. The Balaban J connectivity index is 1.51. The van der Waals surface area contributed by atoms with Crippen molar-refractivity contribution in [2.75, 3.05) is 27.2 Å². The van der Waals surface area contributed by atoms with Crippen LogP contribution in [0.4, 0.5) is 0 Å². The number of amides is 1. The molecule has 120 valence electrons. The molecule has 2 bridgehead atoms. The summed E-state index contributed by atoms with van der Waals surface area (Å²) in [6.07, 6.45) is 8.70. The maximum absolute atomic E-state index is 12.7. The molecule has 5 atom stereocenters. The van der Waals surface area contributed by atoms with Crippen LogP contribution in [-0.4, -0.2) is 55.0 Å². The van der Waals surface area contributed by atoms with E-state index in [2.05, 4.69) is 11.9 Å². The summed E-state index contributed by atoms with van der Waals surface area (Å²) in [5.74, 6) is 1.60. The number of piperidine rings is 1. The highest BCUT2D eigenvalue weighted by molar-refractivity contribution is 5.80. The molecule has 1 saturated heterocycles. The Hall–Kier alpha value is -0.610. The van der Waals surface area contributed by atoms with E-state index < -0.39 is 0 Å². The largest absolute Gasteiger partial charge is 0.345 e. The summed E-state index contributed by atoms with van der Waals surface area (Å²) in [4.78, 5) is 17.2. The second kappa shape index (κ2) is 6.25. The Bertz CT molecular complexity index is 384. The third kappa shape index (κ3) is 2.98. The Morgan fingerprint density at radius 3 is 2.67 bits per heavy atom. The minimum absolute atomic E-state index is 0.109. The number of nitrogens with zero attached hydrogens (tertiary/aromatic N) is 2. The first-order valence-electron chi connectivity index (χ1n) is 8.78. The summed E-state index contributed by atoms with van der Waals surface area (Å²) in [5, 5.41) is 0. The molecule has 0 aromatic rings. The van der Waals surface area contributed by atoms with Gasteiger partial charge in [-0.05, 0) is 64.0 Å². The van der Waals surface area contributed by atoms with Crippen molar-refractivity contribution >= 4 is 5.91 Å². The quantitative estimate of drug-likeness (QED) is 0.858. The fourth-order valence-electron chi connectivity index (χ4n) is 4.92. The normalized spacial score (nSPS) is 39.7. The number of fused-ring (bicyclic) bond motifs is 2. The van der Waals surface area contributed by atoms with E-state index in [0.29, 0.717) is 23.8 Å². The molecule has 3 aliphatic rings. The molecule has 5 unspecified atom stereocenters. The topological polar surface area (TPSA) is 49.6 Å². The highest BCUT2D eigenvalue weighted by Gasteiger charge is 2.49. The molecule has 0 aromatic carbocycles. The molecule has 0 radical (unpaired) electrons. The van der Waals surface area contributed by atoms with Gasteiger partial charge in [-0.2, -0.15) is 0 Å². The van der Waals surface area contributed by atoms with Crippen molar-refractivity contribution in [1.29, 1.82) is 0 Å². The second-order valence-electron chi connectivity index (χ2n) is 7.62. The number of hydrogen-bond acceptors (Lipinski definition) is 3. The predicted octanol–water partition coefficient (Wildman–Crippen LogP) is 1.69. The van der Waals surface area contributed by atoms with Crippen LogP contribution in [0, 0.1) is 17.8 Å². The van der Waals surface area contributed by atoms with E-state index >= 15 is 0 Å². The summed E-state index contributed by atoms with van der Waals surface area (Å²) in [6.45, 7) is 2.09. The van der Waals surface area contributed by atoms with Crippen LogP contribution < -0.4 is 5.73 Å². The molecule has 1 aliphatic heterocycles. The van der Waals surface area contributed by atoms with Gasteiger partial charge in [0.15, 0.2) is 0 Å². The molecular formula is C17H31N3O. The van der Waals surface area contributed by atoms with Crippen LogP contribution in [0.5, 0.6) is 0 Å². The molecule has 4 nitrogen and oxygen atoms in total. The molecule has 21 heavy (non-hydrogen) atoms. The van der Waals surface area contributed by atoms with Gasteiger partial charge in [-0.1, -0.05) is 6.42 Å². The van der Waals surface area contributed by atoms with Gasteiger partial charge in [0.1, 0.15) is 0 Å². The van der Waals surface area contributed by atoms with Crippen LogP contribution in [0.15, 0.2) is 0 Å². The highest BCUT2D eigenvalue weighted by atomic mass is 16.2. The maximum Gasteiger partial charge on any atom is 0.227 e. The Kier molecular flexibility index (Phi) is 4.55.